The zero-order valence-electron chi connectivity index (χ0n) is 14.2. The smallest absolute Gasteiger partial charge is 0.303 e. The number of aliphatic carboxylic acids is 1. The molecule has 0 aliphatic carbocycles. The van der Waals surface area contributed by atoms with Crippen LogP contribution in [0.5, 0.6) is 0 Å². The van der Waals surface area contributed by atoms with Gasteiger partial charge in [-0.25, -0.2) is 0 Å². The largest absolute Gasteiger partial charge is 0.481 e. The molecule has 0 fully saturated rings. The van der Waals surface area contributed by atoms with Crippen LogP contribution >= 0.6 is 0 Å². The van der Waals surface area contributed by atoms with Gasteiger partial charge in [-0.2, -0.15) is 0 Å². The zero-order chi connectivity index (χ0) is 17.0. The minimum absolute atomic E-state index is 0.0244. The van der Waals surface area contributed by atoms with Crippen LogP contribution in [-0.2, 0) is 8.91 Å². The third-order valence-corrected chi connectivity index (χ3v) is 9.54. The average molecular weight is 341 g/mol. The van der Waals surface area contributed by atoms with E-state index < -0.39 is 30.2 Å². The van der Waals surface area contributed by atoms with Crippen molar-refractivity contribution in [3.05, 3.63) is 29.8 Å². The fourth-order valence-corrected chi connectivity index (χ4v) is 6.83. The van der Waals surface area contributed by atoms with Gasteiger partial charge in [0.1, 0.15) is 0 Å². The molecule has 0 aromatic heterocycles. The van der Waals surface area contributed by atoms with Gasteiger partial charge in [-0.05, 0) is 35.3 Å². The SMILES string of the molecule is CC(C)(C)[SiH2]O[Si](C)(C)c1ccc(C(O)CCC(=O)O)cc1. The molecule has 0 saturated carbocycles. The Morgan fingerprint density at radius 3 is 2.27 bits per heavy atom. The first-order chi connectivity index (χ1) is 10.0. The highest BCUT2D eigenvalue weighted by Gasteiger charge is 2.27. The third-order valence-electron chi connectivity index (χ3n) is 3.49. The van der Waals surface area contributed by atoms with E-state index in [1.807, 2.05) is 24.3 Å². The number of rotatable bonds is 7. The molecule has 4 nitrogen and oxygen atoms in total. The van der Waals surface area contributed by atoms with E-state index in [4.69, 9.17) is 9.22 Å². The van der Waals surface area contributed by atoms with Crippen LogP contribution in [0.15, 0.2) is 24.3 Å². The molecule has 1 aromatic rings. The van der Waals surface area contributed by atoms with Gasteiger partial charge in [-0.15, -0.1) is 0 Å². The van der Waals surface area contributed by atoms with Crippen LogP contribution in [0.25, 0.3) is 0 Å². The highest BCUT2D eigenvalue weighted by molar-refractivity contribution is 6.87. The molecule has 0 heterocycles. The fraction of sp³-hybridized carbons (Fsp3) is 0.562. The van der Waals surface area contributed by atoms with Crippen LogP contribution in [0, 0.1) is 0 Å². The summed E-state index contributed by atoms with van der Waals surface area (Å²) in [4.78, 5) is 10.6. The number of hydrogen-bond donors (Lipinski definition) is 2. The Labute approximate surface area is 136 Å². The van der Waals surface area contributed by atoms with Gasteiger partial charge in [0.15, 0.2) is 9.76 Å². The fourth-order valence-electron chi connectivity index (χ4n) is 2.01. The van der Waals surface area contributed by atoms with E-state index in [1.54, 1.807) is 0 Å². The van der Waals surface area contributed by atoms with Crippen molar-refractivity contribution in [1.82, 2.24) is 0 Å². The van der Waals surface area contributed by atoms with E-state index in [9.17, 15) is 9.90 Å². The van der Waals surface area contributed by atoms with Crippen molar-refractivity contribution in [3.8, 4) is 0 Å². The lowest BCUT2D eigenvalue weighted by molar-refractivity contribution is -0.137. The number of aliphatic hydroxyl groups excluding tert-OH is 1. The molecule has 0 aliphatic heterocycles. The van der Waals surface area contributed by atoms with Crippen molar-refractivity contribution >= 4 is 29.2 Å². The minimum Gasteiger partial charge on any atom is -0.481 e. The maximum Gasteiger partial charge on any atom is 0.303 e. The number of aliphatic hydroxyl groups is 1. The Hall–Kier alpha value is -0.956. The molecule has 0 amide bonds. The van der Waals surface area contributed by atoms with Gasteiger partial charge in [0, 0.05) is 6.42 Å². The summed E-state index contributed by atoms with van der Waals surface area (Å²) in [6.07, 6.45) is -0.508. The molecule has 1 unspecified atom stereocenters. The molecule has 2 N–H and O–H groups in total. The Morgan fingerprint density at radius 2 is 1.82 bits per heavy atom. The minimum atomic E-state index is -1.90. The molecule has 0 saturated heterocycles. The number of carbonyl (C=O) groups is 1. The Morgan fingerprint density at radius 1 is 1.27 bits per heavy atom. The Bertz CT molecular complexity index is 492. The summed E-state index contributed by atoms with van der Waals surface area (Å²) in [6, 6.07) is 7.81. The van der Waals surface area contributed by atoms with E-state index in [1.165, 1.54) is 5.19 Å². The number of carboxylic acids is 1. The molecular weight excluding hydrogens is 312 g/mol. The van der Waals surface area contributed by atoms with Gasteiger partial charge >= 0.3 is 5.97 Å². The summed E-state index contributed by atoms with van der Waals surface area (Å²) in [6.45, 7) is 11.0. The first-order valence-corrected chi connectivity index (χ1v) is 11.8. The first kappa shape index (κ1) is 19.1. The van der Waals surface area contributed by atoms with Gasteiger partial charge in [0.2, 0.25) is 8.32 Å². The van der Waals surface area contributed by atoms with Gasteiger partial charge in [0.25, 0.3) is 0 Å². The quantitative estimate of drug-likeness (QED) is 0.748. The molecule has 0 spiro atoms. The molecule has 1 aromatic carbocycles. The standard InChI is InChI=1S/C16H28O4Si2/c1-16(2,3)21-20-22(4,5)13-8-6-12(7-9-13)14(17)10-11-15(18)19/h6-9,14,17H,10-11,21H2,1-5H3,(H,18,19). The summed E-state index contributed by atoms with van der Waals surface area (Å²) in [5.41, 5.74) is 0.767. The van der Waals surface area contributed by atoms with Crippen molar-refractivity contribution in [1.29, 1.82) is 0 Å². The molecule has 1 rings (SSSR count). The van der Waals surface area contributed by atoms with Crippen molar-refractivity contribution < 1.29 is 19.1 Å². The monoisotopic (exact) mass is 340 g/mol. The molecule has 0 radical (unpaired) electrons. The molecule has 6 heteroatoms. The van der Waals surface area contributed by atoms with E-state index in [2.05, 4.69) is 33.9 Å². The lowest BCUT2D eigenvalue weighted by Crippen LogP contribution is -2.46. The molecule has 0 bridgehead atoms. The van der Waals surface area contributed by atoms with Gasteiger partial charge in [0.05, 0.1) is 6.10 Å². The van der Waals surface area contributed by atoms with Crippen LogP contribution in [0.3, 0.4) is 0 Å². The van der Waals surface area contributed by atoms with Gasteiger partial charge in [-0.1, -0.05) is 45.0 Å². The van der Waals surface area contributed by atoms with Crippen molar-refractivity contribution in [2.75, 3.05) is 0 Å². The normalized spacial score (nSPS) is 14.5. The predicted molar refractivity (Wildman–Crippen MR) is 94.7 cm³/mol. The lowest BCUT2D eigenvalue weighted by Gasteiger charge is -2.28. The van der Waals surface area contributed by atoms with E-state index in [0.29, 0.717) is 0 Å². The molecule has 0 aliphatic rings. The van der Waals surface area contributed by atoms with Gasteiger partial charge < -0.3 is 14.3 Å². The second-order valence-corrected chi connectivity index (χ2v) is 14.6. The van der Waals surface area contributed by atoms with Crippen LogP contribution in [0.2, 0.25) is 18.1 Å². The van der Waals surface area contributed by atoms with Crippen molar-refractivity contribution in [2.24, 2.45) is 0 Å². The van der Waals surface area contributed by atoms with Crippen LogP contribution in [-0.4, -0.2) is 34.3 Å². The average Bonchev–Trinajstić information content (AvgIpc) is 2.42. The van der Waals surface area contributed by atoms with Crippen molar-refractivity contribution in [3.63, 3.8) is 0 Å². The lowest BCUT2D eigenvalue weighted by atomic mass is 10.1. The summed E-state index contributed by atoms with van der Waals surface area (Å²) in [7, 11) is -2.49. The maximum atomic E-state index is 10.6. The summed E-state index contributed by atoms with van der Waals surface area (Å²) >= 11 is 0. The molecule has 1 atom stereocenters. The summed E-state index contributed by atoms with van der Waals surface area (Å²) in [5.74, 6) is -0.884. The highest BCUT2D eigenvalue weighted by atomic mass is 28.4. The zero-order valence-corrected chi connectivity index (χ0v) is 16.6. The van der Waals surface area contributed by atoms with E-state index >= 15 is 0 Å². The van der Waals surface area contributed by atoms with Crippen LogP contribution in [0.1, 0.15) is 45.3 Å². The third kappa shape index (κ3) is 6.43. The second-order valence-electron chi connectivity index (χ2n) is 7.43. The second kappa shape index (κ2) is 7.54. The van der Waals surface area contributed by atoms with E-state index in [0.717, 1.165) is 5.56 Å². The number of benzene rings is 1. The summed E-state index contributed by atoms with van der Waals surface area (Å²) < 4.78 is 6.30. The summed E-state index contributed by atoms with van der Waals surface area (Å²) in [5, 5.41) is 20.1. The molecule has 22 heavy (non-hydrogen) atoms. The Kier molecular flexibility index (Phi) is 6.55. The van der Waals surface area contributed by atoms with Crippen LogP contribution < -0.4 is 5.19 Å². The number of hydrogen-bond acceptors (Lipinski definition) is 3. The maximum absolute atomic E-state index is 10.6. The van der Waals surface area contributed by atoms with E-state index in [-0.39, 0.29) is 17.9 Å². The predicted octanol–water partition coefficient (Wildman–Crippen LogP) is 2.32. The van der Waals surface area contributed by atoms with Gasteiger partial charge in [-0.3, -0.25) is 4.79 Å². The topological polar surface area (TPSA) is 66.8 Å². The van der Waals surface area contributed by atoms with Crippen LogP contribution in [0.4, 0.5) is 0 Å². The Balaban J connectivity index is 2.72. The molecule has 124 valence electrons. The first-order valence-electron chi connectivity index (χ1n) is 7.65. The number of carboxylic acid groups (broad SMARTS) is 1. The van der Waals surface area contributed by atoms with Crippen molar-refractivity contribution in [2.45, 2.75) is 57.8 Å². The highest BCUT2D eigenvalue weighted by Crippen LogP contribution is 2.23. The molecular formula is C16H28O4Si2.